The van der Waals surface area contributed by atoms with Gasteiger partial charge in [0.15, 0.2) is 0 Å². The minimum Gasteiger partial charge on any atom is -0.457 e. The lowest BCUT2D eigenvalue weighted by Crippen LogP contribution is -2.43. The fraction of sp³-hybridized carbons (Fsp3) is 0.314. The van der Waals surface area contributed by atoms with Crippen molar-refractivity contribution in [1.29, 1.82) is 0 Å². The second-order valence-corrected chi connectivity index (χ2v) is 12.3. The van der Waals surface area contributed by atoms with Gasteiger partial charge in [0.25, 0.3) is 0 Å². The lowest BCUT2D eigenvalue weighted by Gasteiger charge is -2.37. The van der Waals surface area contributed by atoms with Crippen LogP contribution in [0.15, 0.2) is 54.6 Å². The molecule has 2 N–H and O–H groups in total. The van der Waals surface area contributed by atoms with Crippen LogP contribution in [0.4, 0.5) is 4.39 Å². The molecule has 4 aromatic carbocycles. The first-order chi connectivity index (χ1) is 20.8. The van der Waals surface area contributed by atoms with E-state index in [4.69, 9.17) is 44.3 Å². The molecule has 44 heavy (non-hydrogen) atoms. The molecule has 0 spiro atoms. The van der Waals surface area contributed by atoms with E-state index in [2.05, 4.69) is 5.32 Å². The maximum absolute atomic E-state index is 14.8. The normalized spacial score (nSPS) is 12.8. The molecule has 0 fully saturated rings. The average Bonchev–Trinajstić information content (AvgIpc) is 3.00. The van der Waals surface area contributed by atoms with Crippen LogP contribution in [0, 0.1) is 33.5 Å². The van der Waals surface area contributed by atoms with E-state index in [-0.39, 0.29) is 11.6 Å². The molecule has 0 heterocycles. The topological polar surface area (TPSA) is 54.0 Å². The number of hydrogen-bond donors (Lipinski definition) is 2. The summed E-state index contributed by atoms with van der Waals surface area (Å²) < 4.78 is 27.5. The highest BCUT2D eigenvalue weighted by Crippen LogP contribution is 2.39. The van der Waals surface area contributed by atoms with Gasteiger partial charge in [0, 0.05) is 45.9 Å². The Hall–Kier alpha value is -2.84. The van der Waals surface area contributed by atoms with E-state index < -0.39 is 11.5 Å². The highest BCUT2D eigenvalue weighted by Gasteiger charge is 2.34. The molecule has 0 saturated heterocycles. The molecule has 0 radical (unpaired) electrons. The predicted molar refractivity (Wildman–Crippen MR) is 178 cm³/mol. The van der Waals surface area contributed by atoms with Gasteiger partial charge in [-0.2, -0.15) is 0 Å². The Morgan fingerprint density at radius 1 is 0.750 bits per heavy atom. The van der Waals surface area contributed by atoms with Crippen molar-refractivity contribution in [3.63, 3.8) is 0 Å². The van der Waals surface area contributed by atoms with Crippen LogP contribution in [-0.2, 0) is 18.8 Å². The van der Waals surface area contributed by atoms with Crippen LogP contribution in [0.1, 0.15) is 52.3 Å². The van der Waals surface area contributed by atoms with Crippen molar-refractivity contribution in [2.45, 2.75) is 59.9 Å². The van der Waals surface area contributed by atoms with Gasteiger partial charge in [0.05, 0.1) is 5.02 Å². The predicted octanol–water partition coefficient (Wildman–Crippen LogP) is 10.0. The number of rotatable bonds is 11. The summed E-state index contributed by atoms with van der Waals surface area (Å²) in [6.07, 6.45) is 0.342. The van der Waals surface area contributed by atoms with Crippen LogP contribution in [0.25, 0.3) is 0 Å². The van der Waals surface area contributed by atoms with E-state index in [1.807, 2.05) is 72.0 Å². The molecule has 0 bridgehead atoms. The maximum atomic E-state index is 14.8. The molecule has 0 saturated carbocycles. The van der Waals surface area contributed by atoms with Gasteiger partial charge in [0.2, 0.25) is 0 Å². The molecule has 1 unspecified atom stereocenters. The summed E-state index contributed by atoms with van der Waals surface area (Å²) in [5.41, 5.74) is 4.27. The molecule has 0 aliphatic heterocycles. The molecule has 0 amide bonds. The van der Waals surface area contributed by atoms with Crippen molar-refractivity contribution in [3.8, 4) is 23.0 Å². The van der Waals surface area contributed by atoms with Crippen LogP contribution in [0.2, 0.25) is 15.1 Å². The summed E-state index contributed by atoms with van der Waals surface area (Å²) in [6.45, 7) is 10.4. The third kappa shape index (κ3) is 7.02. The first-order valence-corrected chi connectivity index (χ1v) is 15.5. The molecule has 5 nitrogen and oxygen atoms in total. The largest absolute Gasteiger partial charge is 0.457 e. The summed E-state index contributed by atoms with van der Waals surface area (Å²) >= 11 is 18.8. The number of ether oxygens (including phenoxy) is 2. The van der Waals surface area contributed by atoms with Crippen molar-refractivity contribution in [2.75, 3.05) is 14.1 Å². The Balaban J connectivity index is 1.71. The smallest absolute Gasteiger partial charge is 0.144 e. The monoisotopic (exact) mass is 658 g/mol. The van der Waals surface area contributed by atoms with E-state index in [1.54, 1.807) is 24.1 Å². The number of benzene rings is 4. The molecule has 0 aliphatic rings. The quantitative estimate of drug-likeness (QED) is 0.157. The Kier molecular flexibility index (Phi) is 10.9. The zero-order chi connectivity index (χ0) is 32.3. The maximum Gasteiger partial charge on any atom is 0.144 e. The Morgan fingerprint density at radius 2 is 1.30 bits per heavy atom. The number of hydrogen-bond acceptors (Lipinski definition) is 5. The molecule has 4 aromatic rings. The molecule has 0 aliphatic carbocycles. The van der Waals surface area contributed by atoms with Crippen molar-refractivity contribution in [1.82, 2.24) is 10.2 Å². The van der Waals surface area contributed by atoms with Gasteiger partial charge >= 0.3 is 0 Å². The Morgan fingerprint density at radius 3 is 1.82 bits per heavy atom. The van der Waals surface area contributed by atoms with Crippen molar-refractivity contribution >= 4 is 34.8 Å². The van der Waals surface area contributed by atoms with Crippen molar-refractivity contribution in [2.24, 2.45) is 0 Å². The number of nitrogens with one attached hydrogen (secondary N) is 1. The van der Waals surface area contributed by atoms with Gasteiger partial charge in [-0.1, -0.05) is 53.9 Å². The van der Waals surface area contributed by atoms with Crippen LogP contribution in [0.5, 0.6) is 23.0 Å². The minimum absolute atomic E-state index is 0.0601. The lowest BCUT2D eigenvalue weighted by molar-refractivity contribution is -0.111. The highest BCUT2D eigenvalue weighted by atomic mass is 35.5. The Bertz CT molecular complexity index is 1680. The lowest BCUT2D eigenvalue weighted by atomic mass is 9.95. The van der Waals surface area contributed by atoms with Gasteiger partial charge in [0.1, 0.15) is 34.5 Å². The summed E-state index contributed by atoms with van der Waals surface area (Å²) in [7, 11) is 3.65. The molecule has 4 rings (SSSR count). The first kappa shape index (κ1) is 34.0. The third-order valence-corrected chi connectivity index (χ3v) is 9.42. The summed E-state index contributed by atoms with van der Waals surface area (Å²) in [4.78, 5) is 1.76. The van der Waals surface area contributed by atoms with Gasteiger partial charge < -0.3 is 19.9 Å². The number of nitrogens with zero attached hydrogens (tertiary/aromatic N) is 1. The fourth-order valence-corrected chi connectivity index (χ4v) is 5.65. The molecule has 1 atom stereocenters. The summed E-state index contributed by atoms with van der Waals surface area (Å²) in [5, 5.41) is 16.6. The van der Waals surface area contributed by atoms with Crippen LogP contribution < -0.4 is 14.8 Å². The van der Waals surface area contributed by atoms with Crippen molar-refractivity contribution in [3.05, 3.63) is 114 Å². The first-order valence-electron chi connectivity index (χ1n) is 14.4. The second kappa shape index (κ2) is 14.1. The zero-order valence-corrected chi connectivity index (χ0v) is 28.3. The molecular formula is C35H38Cl3FN2O3. The van der Waals surface area contributed by atoms with E-state index in [9.17, 15) is 9.50 Å². The van der Waals surface area contributed by atoms with Crippen LogP contribution in [0.3, 0.4) is 0 Å². The third-order valence-electron chi connectivity index (χ3n) is 8.31. The zero-order valence-electron chi connectivity index (χ0n) is 26.0. The summed E-state index contributed by atoms with van der Waals surface area (Å²) in [6, 6.07) is 15.7. The standard InChI is InChI=1S/C35H38Cl3FN2O3/c1-8-35(42,26-10-9-24(18-40-6)33(16-26)43-31-13-11-27(36)20(2)22(31)4)41(7)19-25-15-30(39)29(38)17-34(25)44-32-14-12-28(37)21(3)23(32)5/h9-17,40,42H,8,18-19H2,1-7H3. The van der Waals surface area contributed by atoms with Crippen molar-refractivity contribution < 1.29 is 19.0 Å². The van der Waals surface area contributed by atoms with Gasteiger partial charge in [-0.05, 0) is 107 Å². The second-order valence-electron chi connectivity index (χ2n) is 11.0. The van der Waals surface area contributed by atoms with Crippen LogP contribution in [-0.4, -0.2) is 24.1 Å². The fourth-order valence-electron chi connectivity index (χ4n) is 5.09. The molecule has 9 heteroatoms. The highest BCUT2D eigenvalue weighted by molar-refractivity contribution is 6.32. The average molecular weight is 660 g/mol. The van der Waals surface area contributed by atoms with E-state index >= 15 is 0 Å². The van der Waals surface area contributed by atoms with Crippen LogP contribution >= 0.6 is 34.8 Å². The van der Waals surface area contributed by atoms with Gasteiger partial charge in [-0.3, -0.25) is 4.90 Å². The van der Waals surface area contributed by atoms with Gasteiger partial charge in [-0.25, -0.2) is 4.39 Å². The van der Waals surface area contributed by atoms with E-state index in [0.717, 1.165) is 27.8 Å². The SMILES string of the molecule is CCC(O)(c1ccc(CNC)c(Oc2ccc(Cl)c(C)c2C)c1)N(C)Cc1cc(F)c(Cl)cc1Oc1ccc(Cl)c(C)c1C. The Labute approximate surface area is 274 Å². The molecular weight excluding hydrogens is 622 g/mol. The molecule has 234 valence electrons. The van der Waals surface area contributed by atoms with Gasteiger partial charge in [-0.15, -0.1) is 0 Å². The van der Waals surface area contributed by atoms with E-state index in [1.165, 1.54) is 12.1 Å². The van der Waals surface area contributed by atoms with E-state index in [0.29, 0.717) is 57.1 Å². The minimum atomic E-state index is -1.43. The molecule has 0 aromatic heterocycles. The number of aliphatic hydroxyl groups is 1. The number of halogens is 4. The summed E-state index contributed by atoms with van der Waals surface area (Å²) in [5.74, 6) is 1.68.